The third-order valence-electron chi connectivity index (χ3n) is 2.53. The van der Waals surface area contributed by atoms with Crippen LogP contribution in [0.1, 0.15) is 23.3 Å². The van der Waals surface area contributed by atoms with E-state index in [1.807, 2.05) is 17.0 Å². The van der Waals surface area contributed by atoms with Gasteiger partial charge in [0.2, 0.25) is 0 Å². The third kappa shape index (κ3) is 2.63. The van der Waals surface area contributed by atoms with E-state index in [0.717, 1.165) is 29.2 Å². The van der Waals surface area contributed by atoms with Crippen molar-refractivity contribution in [3.63, 3.8) is 0 Å². The predicted molar refractivity (Wildman–Crippen MR) is 69.8 cm³/mol. The van der Waals surface area contributed by atoms with Gasteiger partial charge in [-0.3, -0.25) is 4.79 Å². The van der Waals surface area contributed by atoms with E-state index in [4.69, 9.17) is 0 Å². The number of pyridine rings is 1. The minimum atomic E-state index is 0.0226. The quantitative estimate of drug-likeness (QED) is 0.784. The number of hydrogen-bond acceptors (Lipinski definition) is 2. The Bertz CT molecular complexity index is 393. The van der Waals surface area contributed by atoms with Gasteiger partial charge >= 0.3 is 0 Å². The second-order valence-electron chi connectivity index (χ2n) is 3.75. The van der Waals surface area contributed by atoms with E-state index in [-0.39, 0.29) is 5.91 Å². The Morgan fingerprint density at radius 3 is 2.88 bits per heavy atom. The fourth-order valence-corrected chi connectivity index (χ4v) is 2.41. The van der Waals surface area contributed by atoms with Gasteiger partial charge in [-0.15, -0.1) is 0 Å². The molecule has 1 aliphatic rings. The second-order valence-corrected chi connectivity index (χ2v) is 5.40. The maximum atomic E-state index is 12.2. The van der Waals surface area contributed by atoms with Crippen LogP contribution in [0.4, 0.5) is 0 Å². The molecule has 1 heterocycles. The number of carbonyl (C=O) groups is 1. The zero-order chi connectivity index (χ0) is 11.5. The van der Waals surface area contributed by atoms with Gasteiger partial charge in [0.05, 0.1) is 0 Å². The molecule has 0 unspecified atom stereocenters. The van der Waals surface area contributed by atoms with Crippen LogP contribution < -0.4 is 0 Å². The van der Waals surface area contributed by atoms with Crippen LogP contribution >= 0.6 is 31.9 Å². The van der Waals surface area contributed by atoms with Crippen molar-refractivity contribution >= 4 is 37.8 Å². The fourth-order valence-electron chi connectivity index (χ4n) is 1.61. The number of carbonyl (C=O) groups excluding carboxylic acids is 1. The molecule has 0 radical (unpaired) electrons. The lowest BCUT2D eigenvalue weighted by molar-refractivity contribution is 0.0748. The number of alkyl halides is 1. The van der Waals surface area contributed by atoms with E-state index < -0.39 is 0 Å². The predicted octanol–water partition coefficient (Wildman–Crippen LogP) is 2.84. The zero-order valence-electron chi connectivity index (χ0n) is 8.70. The Morgan fingerprint density at radius 1 is 1.56 bits per heavy atom. The summed E-state index contributed by atoms with van der Waals surface area (Å²) in [6.07, 6.45) is 3.88. The van der Waals surface area contributed by atoms with Gasteiger partial charge < -0.3 is 4.90 Å². The number of hydrogen-bond donors (Lipinski definition) is 0. The Labute approximate surface area is 111 Å². The van der Waals surface area contributed by atoms with Gasteiger partial charge in [-0.25, -0.2) is 4.98 Å². The van der Waals surface area contributed by atoms with Crippen molar-refractivity contribution in [2.24, 2.45) is 0 Å². The van der Waals surface area contributed by atoms with Crippen molar-refractivity contribution in [2.45, 2.75) is 18.9 Å². The lowest BCUT2D eigenvalue weighted by Gasteiger charge is -2.21. The van der Waals surface area contributed by atoms with Crippen LogP contribution in [0.25, 0.3) is 0 Å². The molecule has 3 nitrogen and oxygen atoms in total. The maximum Gasteiger partial charge on any atom is 0.273 e. The highest BCUT2D eigenvalue weighted by atomic mass is 79.9. The smallest absolute Gasteiger partial charge is 0.273 e. The van der Waals surface area contributed by atoms with Crippen LogP contribution in [0.15, 0.2) is 22.8 Å². The Kier molecular flexibility index (Phi) is 3.97. The van der Waals surface area contributed by atoms with Gasteiger partial charge in [0.25, 0.3) is 5.91 Å². The molecule has 0 bridgehead atoms. The summed E-state index contributed by atoms with van der Waals surface area (Å²) < 4.78 is 0.764. The van der Waals surface area contributed by atoms with E-state index in [2.05, 4.69) is 36.8 Å². The van der Waals surface area contributed by atoms with Crippen LogP contribution in [0, 0.1) is 0 Å². The Morgan fingerprint density at radius 2 is 2.31 bits per heavy atom. The minimum Gasteiger partial charge on any atom is -0.333 e. The molecule has 2 rings (SSSR count). The largest absolute Gasteiger partial charge is 0.333 e. The molecule has 0 aliphatic heterocycles. The summed E-state index contributed by atoms with van der Waals surface area (Å²) in [6.45, 7) is 0.743. The molecule has 0 aromatic carbocycles. The highest BCUT2D eigenvalue weighted by Gasteiger charge is 2.33. The normalized spacial score (nSPS) is 14.9. The lowest BCUT2D eigenvalue weighted by Crippen LogP contribution is -2.35. The molecule has 1 aromatic heterocycles. The monoisotopic (exact) mass is 346 g/mol. The molecule has 1 amide bonds. The number of rotatable bonds is 4. The molecule has 0 atom stereocenters. The lowest BCUT2D eigenvalue weighted by atomic mass is 10.3. The number of aromatic nitrogens is 1. The molecule has 1 saturated carbocycles. The van der Waals surface area contributed by atoms with E-state index in [1.165, 1.54) is 0 Å². The molecule has 1 aliphatic carbocycles. The number of nitrogens with zero attached hydrogens (tertiary/aromatic N) is 2. The van der Waals surface area contributed by atoms with E-state index in [0.29, 0.717) is 11.7 Å². The van der Waals surface area contributed by atoms with Crippen molar-refractivity contribution < 1.29 is 4.79 Å². The van der Waals surface area contributed by atoms with E-state index >= 15 is 0 Å². The summed E-state index contributed by atoms with van der Waals surface area (Å²) in [5, 5.41) is 0.805. The molecule has 1 aromatic rings. The first-order chi connectivity index (χ1) is 7.74. The average Bonchev–Trinajstić information content (AvgIpc) is 3.09. The van der Waals surface area contributed by atoms with E-state index in [1.54, 1.807) is 6.20 Å². The van der Waals surface area contributed by atoms with Gasteiger partial charge in [0.1, 0.15) is 5.69 Å². The summed E-state index contributed by atoms with van der Waals surface area (Å²) in [4.78, 5) is 18.3. The SMILES string of the molecule is O=C(c1ncccc1Br)N(CCBr)C1CC1. The average molecular weight is 348 g/mol. The van der Waals surface area contributed by atoms with Crippen molar-refractivity contribution in [1.29, 1.82) is 0 Å². The molecule has 0 spiro atoms. The zero-order valence-corrected chi connectivity index (χ0v) is 11.9. The fraction of sp³-hybridized carbons (Fsp3) is 0.455. The van der Waals surface area contributed by atoms with Crippen LogP contribution in [-0.2, 0) is 0 Å². The van der Waals surface area contributed by atoms with Gasteiger partial charge in [0, 0.05) is 28.6 Å². The highest BCUT2D eigenvalue weighted by molar-refractivity contribution is 9.10. The molecule has 16 heavy (non-hydrogen) atoms. The van der Waals surface area contributed by atoms with Crippen LogP contribution in [0.5, 0.6) is 0 Å². The summed E-state index contributed by atoms with van der Waals surface area (Å²) in [6, 6.07) is 4.07. The van der Waals surface area contributed by atoms with Gasteiger partial charge in [-0.2, -0.15) is 0 Å². The Hall–Kier alpha value is -0.420. The minimum absolute atomic E-state index is 0.0226. The second kappa shape index (κ2) is 5.27. The van der Waals surface area contributed by atoms with Gasteiger partial charge in [0.15, 0.2) is 0 Å². The molecule has 86 valence electrons. The van der Waals surface area contributed by atoms with Crippen molar-refractivity contribution in [3.8, 4) is 0 Å². The Balaban J connectivity index is 2.19. The first-order valence-electron chi connectivity index (χ1n) is 5.21. The molecule has 0 N–H and O–H groups in total. The third-order valence-corrected chi connectivity index (χ3v) is 3.53. The van der Waals surface area contributed by atoms with E-state index in [9.17, 15) is 4.79 Å². The summed E-state index contributed by atoms with van der Waals surface area (Å²) in [7, 11) is 0. The van der Waals surface area contributed by atoms with Gasteiger partial charge in [-0.1, -0.05) is 15.9 Å². The molecular formula is C11H12Br2N2O. The summed E-state index contributed by atoms with van der Waals surface area (Å²) >= 11 is 6.74. The molecule has 5 heteroatoms. The first kappa shape index (κ1) is 12.0. The van der Waals surface area contributed by atoms with Crippen LogP contribution in [-0.4, -0.2) is 33.7 Å². The number of amides is 1. The standard InChI is InChI=1S/C11H12Br2N2O/c12-5-7-15(8-3-4-8)11(16)10-9(13)2-1-6-14-10/h1-2,6,8H,3-5,7H2. The highest BCUT2D eigenvalue weighted by Crippen LogP contribution is 2.29. The van der Waals surface area contributed by atoms with Crippen molar-refractivity contribution in [2.75, 3.05) is 11.9 Å². The summed E-state index contributed by atoms with van der Waals surface area (Å²) in [5.41, 5.74) is 0.510. The maximum absolute atomic E-state index is 12.2. The van der Waals surface area contributed by atoms with Gasteiger partial charge in [-0.05, 0) is 40.9 Å². The molecular weight excluding hydrogens is 336 g/mol. The topological polar surface area (TPSA) is 33.2 Å². The summed E-state index contributed by atoms with van der Waals surface area (Å²) in [5.74, 6) is 0.0226. The van der Waals surface area contributed by atoms with Crippen molar-refractivity contribution in [3.05, 3.63) is 28.5 Å². The van der Waals surface area contributed by atoms with Crippen LogP contribution in [0.2, 0.25) is 0 Å². The van der Waals surface area contributed by atoms with Crippen molar-refractivity contribution in [1.82, 2.24) is 9.88 Å². The number of halogens is 2. The van der Waals surface area contributed by atoms with Crippen LogP contribution in [0.3, 0.4) is 0 Å². The molecule has 0 saturated heterocycles. The first-order valence-corrected chi connectivity index (χ1v) is 7.13. The molecule has 1 fully saturated rings.